The minimum absolute atomic E-state index is 0.0846. The first-order valence-electron chi connectivity index (χ1n) is 4.15. The number of rotatable bonds is 2. The van der Waals surface area contributed by atoms with E-state index in [1.54, 1.807) is 0 Å². The number of amides is 1. The minimum atomic E-state index is -0.217. The predicted molar refractivity (Wildman–Crippen MR) is 46.8 cm³/mol. The first-order valence-corrected chi connectivity index (χ1v) is 4.15. The number of carbonyl (C=O) groups is 1. The normalized spacial score (nSPS) is 34.7. The van der Waals surface area contributed by atoms with Gasteiger partial charge < -0.3 is 10.1 Å². The zero-order valence-electron chi connectivity index (χ0n) is 7.59. The van der Waals surface area contributed by atoms with E-state index in [2.05, 4.69) is 11.9 Å². The van der Waals surface area contributed by atoms with Crippen LogP contribution in [0.15, 0.2) is 12.7 Å². The van der Waals surface area contributed by atoms with E-state index in [0.717, 1.165) is 13.0 Å². The van der Waals surface area contributed by atoms with Gasteiger partial charge in [0.15, 0.2) is 0 Å². The zero-order chi connectivity index (χ0) is 9.19. The fourth-order valence-electron chi connectivity index (χ4n) is 1.33. The molecule has 2 atom stereocenters. The molecule has 0 radical (unpaired) electrons. The summed E-state index contributed by atoms with van der Waals surface area (Å²) < 4.78 is 5.36. The Morgan fingerprint density at radius 1 is 1.83 bits per heavy atom. The molecule has 1 aliphatic rings. The van der Waals surface area contributed by atoms with E-state index in [1.807, 2.05) is 13.8 Å². The topological polar surface area (TPSA) is 38.3 Å². The number of nitrogens with one attached hydrogen (secondary N) is 1. The molecule has 1 amide bonds. The summed E-state index contributed by atoms with van der Waals surface area (Å²) >= 11 is 0. The van der Waals surface area contributed by atoms with Crippen molar-refractivity contribution in [2.75, 3.05) is 6.61 Å². The molecule has 1 saturated heterocycles. The second kappa shape index (κ2) is 3.27. The summed E-state index contributed by atoms with van der Waals surface area (Å²) in [7, 11) is 0. The van der Waals surface area contributed by atoms with Gasteiger partial charge in [-0.2, -0.15) is 0 Å². The molecular formula is C9H15NO2. The molecule has 0 spiro atoms. The molecule has 1 heterocycles. The van der Waals surface area contributed by atoms with Crippen molar-refractivity contribution in [1.29, 1.82) is 0 Å². The van der Waals surface area contributed by atoms with Gasteiger partial charge in [-0.25, -0.2) is 0 Å². The maximum Gasteiger partial charge on any atom is 0.243 e. The van der Waals surface area contributed by atoms with E-state index in [9.17, 15) is 4.79 Å². The van der Waals surface area contributed by atoms with Crippen molar-refractivity contribution < 1.29 is 9.53 Å². The highest BCUT2D eigenvalue weighted by molar-refractivity contribution is 5.87. The summed E-state index contributed by atoms with van der Waals surface area (Å²) in [5, 5.41) is 2.87. The van der Waals surface area contributed by atoms with Gasteiger partial charge in [0, 0.05) is 6.61 Å². The number of carbonyl (C=O) groups excluding carboxylic acids is 1. The third kappa shape index (κ3) is 1.67. The van der Waals surface area contributed by atoms with Crippen molar-refractivity contribution in [3.63, 3.8) is 0 Å². The van der Waals surface area contributed by atoms with Crippen molar-refractivity contribution in [2.45, 2.75) is 31.9 Å². The fourth-order valence-corrected chi connectivity index (χ4v) is 1.33. The smallest absolute Gasteiger partial charge is 0.243 e. The number of ether oxygens (including phenoxy) is 1. The highest BCUT2D eigenvalue weighted by Crippen LogP contribution is 2.24. The molecule has 2 unspecified atom stereocenters. The van der Waals surface area contributed by atoms with Crippen LogP contribution in [0.25, 0.3) is 0 Å². The Bertz CT molecular complexity index is 203. The van der Waals surface area contributed by atoms with E-state index >= 15 is 0 Å². The van der Waals surface area contributed by atoms with E-state index in [4.69, 9.17) is 4.74 Å². The van der Waals surface area contributed by atoms with Gasteiger partial charge >= 0.3 is 0 Å². The molecule has 3 nitrogen and oxygen atoms in total. The van der Waals surface area contributed by atoms with Crippen molar-refractivity contribution in [1.82, 2.24) is 5.32 Å². The molecule has 68 valence electrons. The molecule has 0 bridgehead atoms. The van der Waals surface area contributed by atoms with Crippen molar-refractivity contribution in [3.05, 3.63) is 12.7 Å². The van der Waals surface area contributed by atoms with Gasteiger partial charge in [-0.1, -0.05) is 6.58 Å². The van der Waals surface area contributed by atoms with E-state index in [1.165, 1.54) is 6.08 Å². The Morgan fingerprint density at radius 3 is 2.92 bits per heavy atom. The van der Waals surface area contributed by atoms with Crippen LogP contribution in [-0.4, -0.2) is 24.2 Å². The summed E-state index contributed by atoms with van der Waals surface area (Å²) in [6.45, 7) is 8.08. The Labute approximate surface area is 72.8 Å². The lowest BCUT2D eigenvalue weighted by Gasteiger charge is -2.28. The van der Waals surface area contributed by atoms with Gasteiger partial charge in [0.1, 0.15) is 0 Å². The minimum Gasteiger partial charge on any atom is -0.376 e. The van der Waals surface area contributed by atoms with E-state index in [-0.39, 0.29) is 17.6 Å². The average molecular weight is 169 g/mol. The second-order valence-corrected chi connectivity index (χ2v) is 3.37. The average Bonchev–Trinajstić information content (AvgIpc) is 2.32. The van der Waals surface area contributed by atoms with Crippen molar-refractivity contribution in [3.8, 4) is 0 Å². The number of hydrogen-bond acceptors (Lipinski definition) is 2. The molecule has 0 aliphatic carbocycles. The van der Waals surface area contributed by atoms with Crippen molar-refractivity contribution >= 4 is 5.91 Å². The highest BCUT2D eigenvalue weighted by atomic mass is 16.5. The summed E-state index contributed by atoms with van der Waals surface area (Å²) in [4.78, 5) is 11.0. The summed E-state index contributed by atoms with van der Waals surface area (Å²) in [5.74, 6) is -0.130. The molecule has 1 aliphatic heterocycles. The molecule has 12 heavy (non-hydrogen) atoms. The molecule has 0 aromatic rings. The van der Waals surface area contributed by atoms with Gasteiger partial charge in [-0.05, 0) is 26.3 Å². The van der Waals surface area contributed by atoms with E-state index in [0.29, 0.717) is 0 Å². The maximum atomic E-state index is 11.0. The third-order valence-corrected chi connectivity index (χ3v) is 2.48. The Balaban J connectivity index is 2.59. The lowest BCUT2D eigenvalue weighted by Crippen LogP contribution is -2.50. The summed E-state index contributed by atoms with van der Waals surface area (Å²) in [6.07, 6.45) is 2.24. The molecule has 0 aromatic carbocycles. The lowest BCUT2D eigenvalue weighted by molar-refractivity contribution is -0.118. The van der Waals surface area contributed by atoms with Crippen LogP contribution in [0.1, 0.15) is 20.3 Å². The largest absolute Gasteiger partial charge is 0.376 e. The molecule has 0 aromatic heterocycles. The van der Waals surface area contributed by atoms with Crippen LogP contribution in [0.4, 0.5) is 0 Å². The molecule has 3 heteroatoms. The highest BCUT2D eigenvalue weighted by Gasteiger charge is 2.37. The molecule has 1 rings (SSSR count). The Kier molecular flexibility index (Phi) is 2.52. The lowest BCUT2D eigenvalue weighted by atomic mass is 9.95. The van der Waals surface area contributed by atoms with Crippen LogP contribution in [0.5, 0.6) is 0 Å². The molecule has 1 fully saturated rings. The first kappa shape index (κ1) is 9.26. The Morgan fingerprint density at radius 2 is 2.50 bits per heavy atom. The second-order valence-electron chi connectivity index (χ2n) is 3.37. The zero-order valence-corrected chi connectivity index (χ0v) is 7.59. The molecule has 1 N–H and O–H groups in total. The van der Waals surface area contributed by atoms with Crippen LogP contribution in [0.3, 0.4) is 0 Å². The number of hydrogen-bond donors (Lipinski definition) is 1. The maximum absolute atomic E-state index is 11.0. The van der Waals surface area contributed by atoms with E-state index < -0.39 is 0 Å². The standard InChI is InChI=1S/C9H15NO2/c1-4-8(11)10-9(3)5-6-12-7(9)2/h4,7H,1,5-6H2,2-3H3,(H,10,11). The van der Waals surface area contributed by atoms with Gasteiger partial charge in [0.2, 0.25) is 5.91 Å². The van der Waals surface area contributed by atoms with Crippen LogP contribution in [-0.2, 0) is 9.53 Å². The SMILES string of the molecule is C=CC(=O)NC1(C)CCOC1C. The van der Waals surface area contributed by atoms with Gasteiger partial charge in [0.05, 0.1) is 11.6 Å². The predicted octanol–water partition coefficient (Wildman–Crippen LogP) is 0.856. The summed E-state index contributed by atoms with van der Waals surface area (Å²) in [5.41, 5.74) is -0.217. The quantitative estimate of drug-likeness (QED) is 0.622. The van der Waals surface area contributed by atoms with Crippen LogP contribution in [0, 0.1) is 0 Å². The fraction of sp³-hybridized carbons (Fsp3) is 0.667. The van der Waals surface area contributed by atoms with Crippen LogP contribution >= 0.6 is 0 Å². The van der Waals surface area contributed by atoms with Gasteiger partial charge in [-0.3, -0.25) is 4.79 Å². The monoisotopic (exact) mass is 169 g/mol. The van der Waals surface area contributed by atoms with Crippen molar-refractivity contribution in [2.24, 2.45) is 0 Å². The van der Waals surface area contributed by atoms with Crippen LogP contribution < -0.4 is 5.32 Å². The molecular weight excluding hydrogens is 154 g/mol. The first-order chi connectivity index (χ1) is 5.58. The van der Waals surface area contributed by atoms with Crippen LogP contribution in [0.2, 0.25) is 0 Å². The third-order valence-electron chi connectivity index (χ3n) is 2.48. The van der Waals surface area contributed by atoms with Gasteiger partial charge in [0.25, 0.3) is 0 Å². The summed E-state index contributed by atoms with van der Waals surface area (Å²) in [6, 6.07) is 0. The van der Waals surface area contributed by atoms with Gasteiger partial charge in [-0.15, -0.1) is 0 Å². The molecule has 0 saturated carbocycles. The Hall–Kier alpha value is -0.830.